The van der Waals surface area contributed by atoms with E-state index in [-0.39, 0.29) is 5.16 Å². The highest BCUT2D eigenvalue weighted by Gasteiger charge is 2.23. The highest BCUT2D eigenvalue weighted by atomic mass is 35.7. The van der Waals surface area contributed by atoms with Crippen LogP contribution in [0.5, 0.6) is 0 Å². The number of hydrogen-bond donors (Lipinski definition) is 0. The van der Waals surface area contributed by atoms with E-state index in [0.29, 0.717) is 12.4 Å². The molecule has 1 heterocycles. The first-order valence-corrected chi connectivity index (χ1v) is 8.52. The van der Waals surface area contributed by atoms with Crippen molar-refractivity contribution in [2.75, 3.05) is 0 Å². The van der Waals surface area contributed by atoms with Crippen LogP contribution in [0, 0.1) is 20.8 Å². The number of benzene rings is 1. The summed E-state index contributed by atoms with van der Waals surface area (Å²) in [6.07, 6.45) is 0. The van der Waals surface area contributed by atoms with E-state index in [0.717, 1.165) is 22.3 Å². The van der Waals surface area contributed by atoms with Gasteiger partial charge in [-0.1, -0.05) is 17.7 Å². The molecule has 0 spiro atoms. The number of rotatable bonds is 3. The first-order valence-electron chi connectivity index (χ1n) is 6.21. The number of nitrogens with zero attached hydrogens (tertiary/aromatic N) is 3. The largest absolute Gasteiger partial charge is 0.297 e. The topological polar surface area (TPSA) is 64.8 Å². The van der Waals surface area contributed by atoms with E-state index in [9.17, 15) is 8.42 Å². The van der Waals surface area contributed by atoms with Gasteiger partial charge in [0.15, 0.2) is 5.82 Å². The van der Waals surface area contributed by atoms with Crippen LogP contribution in [0.15, 0.2) is 17.3 Å². The molecular formula is C13H16ClN3O2S. The molecule has 1 aromatic heterocycles. The van der Waals surface area contributed by atoms with Crippen LogP contribution in [0.25, 0.3) is 11.4 Å². The summed E-state index contributed by atoms with van der Waals surface area (Å²) in [7, 11) is 1.49. The van der Waals surface area contributed by atoms with E-state index in [1.165, 1.54) is 4.57 Å². The molecule has 2 aromatic rings. The van der Waals surface area contributed by atoms with Crippen molar-refractivity contribution in [2.45, 2.75) is 39.4 Å². The summed E-state index contributed by atoms with van der Waals surface area (Å²) in [6.45, 7) is 8.22. The van der Waals surface area contributed by atoms with Crippen LogP contribution in [0.3, 0.4) is 0 Å². The van der Waals surface area contributed by atoms with Gasteiger partial charge in [-0.05, 0) is 38.8 Å². The minimum Gasteiger partial charge on any atom is -0.297 e. The van der Waals surface area contributed by atoms with Crippen molar-refractivity contribution in [2.24, 2.45) is 0 Å². The Labute approximate surface area is 123 Å². The lowest BCUT2D eigenvalue weighted by atomic mass is 9.99. The summed E-state index contributed by atoms with van der Waals surface area (Å²) in [6, 6.07) is 4.07. The van der Waals surface area contributed by atoms with Crippen molar-refractivity contribution in [3.63, 3.8) is 0 Å². The number of aryl methyl sites for hydroxylation is 3. The Balaban J connectivity index is 2.75. The second kappa shape index (κ2) is 5.18. The Hall–Kier alpha value is -1.40. The molecule has 0 atom stereocenters. The zero-order valence-electron chi connectivity index (χ0n) is 11.8. The third-order valence-corrected chi connectivity index (χ3v) is 4.30. The highest BCUT2D eigenvalue weighted by Crippen LogP contribution is 2.29. The van der Waals surface area contributed by atoms with Gasteiger partial charge in [-0.3, -0.25) is 4.57 Å². The van der Waals surface area contributed by atoms with Gasteiger partial charge in [0.05, 0.1) is 0 Å². The van der Waals surface area contributed by atoms with Crippen molar-refractivity contribution in [3.05, 3.63) is 28.8 Å². The Bertz CT molecular complexity index is 743. The van der Waals surface area contributed by atoms with Gasteiger partial charge in [-0.2, -0.15) is 0 Å². The van der Waals surface area contributed by atoms with Gasteiger partial charge in [-0.15, -0.1) is 10.2 Å². The lowest BCUT2D eigenvalue weighted by Gasteiger charge is -2.12. The summed E-state index contributed by atoms with van der Waals surface area (Å²) in [4.78, 5) is 0. The van der Waals surface area contributed by atoms with Gasteiger partial charge in [0.2, 0.25) is 0 Å². The van der Waals surface area contributed by atoms with Crippen molar-refractivity contribution in [1.82, 2.24) is 14.8 Å². The number of halogens is 1. The average molecular weight is 314 g/mol. The Morgan fingerprint density at radius 3 is 2.15 bits per heavy atom. The summed E-state index contributed by atoms with van der Waals surface area (Å²) >= 11 is 0. The summed E-state index contributed by atoms with van der Waals surface area (Å²) in [5, 5.41) is 7.54. The Kier molecular flexibility index (Phi) is 3.88. The predicted molar refractivity (Wildman–Crippen MR) is 78.4 cm³/mol. The molecule has 0 aliphatic carbocycles. The standard InChI is InChI=1S/C13H16ClN3O2S/c1-5-17-12(15-16-13(17)20(14,18)19)11-9(3)6-8(2)7-10(11)4/h6-7H,5H2,1-4H3. The van der Waals surface area contributed by atoms with Gasteiger partial charge in [-0.25, -0.2) is 8.42 Å². The van der Waals surface area contributed by atoms with Gasteiger partial charge >= 0.3 is 0 Å². The van der Waals surface area contributed by atoms with Crippen LogP contribution < -0.4 is 0 Å². The molecular weight excluding hydrogens is 298 g/mol. The maximum absolute atomic E-state index is 11.5. The van der Waals surface area contributed by atoms with Gasteiger partial charge < -0.3 is 0 Å². The van der Waals surface area contributed by atoms with Crippen LogP contribution in [0.4, 0.5) is 0 Å². The molecule has 0 fully saturated rings. The molecule has 108 valence electrons. The summed E-state index contributed by atoms with van der Waals surface area (Å²) in [5.41, 5.74) is 4.11. The fraction of sp³-hybridized carbons (Fsp3) is 0.385. The molecule has 2 rings (SSSR count). The van der Waals surface area contributed by atoms with Crippen LogP contribution in [-0.2, 0) is 15.6 Å². The second-order valence-electron chi connectivity index (χ2n) is 4.76. The second-order valence-corrected chi connectivity index (χ2v) is 7.22. The Morgan fingerprint density at radius 1 is 1.15 bits per heavy atom. The van der Waals surface area contributed by atoms with Gasteiger partial charge in [0, 0.05) is 22.8 Å². The fourth-order valence-corrected chi connectivity index (χ4v) is 3.43. The molecule has 0 saturated heterocycles. The van der Waals surface area contributed by atoms with Gasteiger partial charge in [0.25, 0.3) is 14.2 Å². The minimum absolute atomic E-state index is 0.212. The molecule has 0 unspecified atom stereocenters. The molecule has 0 aliphatic rings. The predicted octanol–water partition coefficient (Wildman–Crippen LogP) is 2.82. The van der Waals surface area contributed by atoms with Crippen molar-refractivity contribution in [3.8, 4) is 11.4 Å². The molecule has 0 radical (unpaired) electrons. The lowest BCUT2D eigenvalue weighted by molar-refractivity contribution is 0.582. The molecule has 0 aliphatic heterocycles. The molecule has 1 aromatic carbocycles. The maximum Gasteiger partial charge on any atom is 0.296 e. The normalized spacial score (nSPS) is 11.8. The maximum atomic E-state index is 11.5. The molecule has 0 N–H and O–H groups in total. The monoisotopic (exact) mass is 313 g/mol. The first-order chi connectivity index (χ1) is 9.25. The van der Waals surface area contributed by atoms with E-state index in [1.54, 1.807) is 0 Å². The SMILES string of the molecule is CCn1c(-c2c(C)cc(C)cc2C)nnc1S(=O)(=O)Cl. The molecule has 0 saturated carbocycles. The van der Waals surface area contributed by atoms with Crippen LogP contribution >= 0.6 is 10.7 Å². The van der Waals surface area contributed by atoms with Crippen LogP contribution in [-0.4, -0.2) is 23.2 Å². The van der Waals surface area contributed by atoms with E-state index >= 15 is 0 Å². The zero-order valence-corrected chi connectivity index (χ0v) is 13.4. The molecule has 0 bridgehead atoms. The minimum atomic E-state index is -3.91. The highest BCUT2D eigenvalue weighted by molar-refractivity contribution is 8.13. The van der Waals surface area contributed by atoms with Crippen molar-refractivity contribution >= 4 is 19.7 Å². The number of hydrogen-bond acceptors (Lipinski definition) is 4. The summed E-state index contributed by atoms with van der Waals surface area (Å²) < 4.78 is 24.6. The molecule has 20 heavy (non-hydrogen) atoms. The van der Waals surface area contributed by atoms with Gasteiger partial charge in [0.1, 0.15) is 0 Å². The third-order valence-electron chi connectivity index (χ3n) is 3.15. The molecule has 7 heteroatoms. The quantitative estimate of drug-likeness (QED) is 0.817. The first kappa shape index (κ1) is 15.0. The van der Waals surface area contributed by atoms with Crippen LogP contribution in [0.1, 0.15) is 23.6 Å². The van der Waals surface area contributed by atoms with Crippen molar-refractivity contribution in [1.29, 1.82) is 0 Å². The smallest absolute Gasteiger partial charge is 0.296 e. The average Bonchev–Trinajstić information content (AvgIpc) is 2.70. The van der Waals surface area contributed by atoms with Crippen LogP contribution in [0.2, 0.25) is 0 Å². The van der Waals surface area contributed by atoms with E-state index in [2.05, 4.69) is 10.2 Å². The number of aromatic nitrogens is 3. The zero-order chi connectivity index (χ0) is 15.1. The lowest BCUT2D eigenvalue weighted by Crippen LogP contribution is -2.07. The van der Waals surface area contributed by atoms with E-state index in [4.69, 9.17) is 10.7 Å². The van der Waals surface area contributed by atoms with E-state index in [1.807, 2.05) is 39.8 Å². The van der Waals surface area contributed by atoms with E-state index < -0.39 is 9.05 Å². The Morgan fingerprint density at radius 2 is 1.70 bits per heavy atom. The fourth-order valence-electron chi connectivity index (χ4n) is 2.47. The summed E-state index contributed by atoms with van der Waals surface area (Å²) in [5.74, 6) is 0.529. The third kappa shape index (κ3) is 2.58. The van der Waals surface area contributed by atoms with Crippen molar-refractivity contribution < 1.29 is 8.42 Å². The molecule has 0 amide bonds. The molecule has 5 nitrogen and oxygen atoms in total.